The van der Waals surface area contributed by atoms with E-state index in [0.29, 0.717) is 0 Å². The molecule has 4 atom stereocenters. The molecule has 11 heteroatoms. The second kappa shape index (κ2) is 4.30. The molecule has 0 saturated carbocycles. The van der Waals surface area contributed by atoms with Gasteiger partial charge in [-0.1, -0.05) is 0 Å². The van der Waals surface area contributed by atoms with E-state index in [1.165, 1.54) is 12.7 Å². The molecular formula is C10H15N7O4. The van der Waals surface area contributed by atoms with Crippen LogP contribution in [-0.2, 0) is 10.6 Å². The standard InChI is InChI=1S/C10H15N7O4/c11-7-5-8(15-2-14-7)17(3-16-5)10(13)9(12,20)6(19)4(1-18)21-10/h2-4,6,18-20H,1,12-13H2,(H2,11,14,15)/t4-,6-,9-,10+/m1/s1. The molecule has 1 aliphatic rings. The van der Waals surface area contributed by atoms with Gasteiger partial charge < -0.3 is 25.8 Å². The lowest BCUT2D eigenvalue weighted by Crippen LogP contribution is -2.68. The van der Waals surface area contributed by atoms with Gasteiger partial charge >= 0.3 is 0 Å². The molecule has 0 radical (unpaired) electrons. The van der Waals surface area contributed by atoms with Crippen molar-refractivity contribution in [3.63, 3.8) is 0 Å². The number of anilines is 1. The summed E-state index contributed by atoms with van der Waals surface area (Å²) in [7, 11) is 0. The summed E-state index contributed by atoms with van der Waals surface area (Å²) in [6, 6.07) is 0. The van der Waals surface area contributed by atoms with Gasteiger partial charge in [0.25, 0.3) is 0 Å². The second-order valence-electron chi connectivity index (χ2n) is 4.85. The maximum Gasteiger partial charge on any atom is 0.249 e. The normalized spacial score (nSPS) is 36.4. The molecule has 11 nitrogen and oxygen atoms in total. The number of imidazole rings is 1. The summed E-state index contributed by atoms with van der Waals surface area (Å²) in [6.07, 6.45) is -0.380. The Labute approximate surface area is 118 Å². The average molecular weight is 297 g/mol. The van der Waals surface area contributed by atoms with E-state index in [1.54, 1.807) is 0 Å². The van der Waals surface area contributed by atoms with Gasteiger partial charge in [0.15, 0.2) is 11.5 Å². The predicted molar refractivity (Wildman–Crippen MR) is 69.0 cm³/mol. The van der Waals surface area contributed by atoms with Gasteiger partial charge in [0.1, 0.15) is 30.4 Å². The Morgan fingerprint density at radius 2 is 2.05 bits per heavy atom. The van der Waals surface area contributed by atoms with Crippen LogP contribution in [0.3, 0.4) is 0 Å². The maximum atomic E-state index is 10.3. The smallest absolute Gasteiger partial charge is 0.249 e. The van der Waals surface area contributed by atoms with E-state index >= 15 is 0 Å². The first-order chi connectivity index (χ1) is 9.83. The molecule has 0 aromatic carbocycles. The van der Waals surface area contributed by atoms with Gasteiger partial charge in [-0.2, -0.15) is 0 Å². The summed E-state index contributed by atoms with van der Waals surface area (Å²) in [5, 5.41) is 29.5. The van der Waals surface area contributed by atoms with E-state index < -0.39 is 30.4 Å². The lowest BCUT2D eigenvalue weighted by Gasteiger charge is -2.36. The fourth-order valence-corrected chi connectivity index (χ4v) is 2.37. The summed E-state index contributed by atoms with van der Waals surface area (Å²) in [5.41, 5.74) is 15.4. The largest absolute Gasteiger partial charge is 0.394 e. The Kier molecular flexibility index (Phi) is 2.88. The first-order valence-corrected chi connectivity index (χ1v) is 6.03. The van der Waals surface area contributed by atoms with Crippen molar-refractivity contribution >= 4 is 17.0 Å². The topological polar surface area (TPSA) is 192 Å². The second-order valence-corrected chi connectivity index (χ2v) is 4.85. The third-order valence-electron chi connectivity index (χ3n) is 3.61. The molecule has 1 saturated heterocycles. The van der Waals surface area contributed by atoms with Crippen LogP contribution < -0.4 is 17.2 Å². The van der Waals surface area contributed by atoms with Gasteiger partial charge in [-0.15, -0.1) is 0 Å². The van der Waals surface area contributed by atoms with Crippen LogP contribution in [0, 0.1) is 0 Å². The Bertz CT molecular complexity index is 689. The van der Waals surface area contributed by atoms with E-state index in [4.69, 9.17) is 21.9 Å². The summed E-state index contributed by atoms with van der Waals surface area (Å²) < 4.78 is 6.48. The van der Waals surface area contributed by atoms with Crippen LogP contribution in [-0.4, -0.2) is 59.4 Å². The zero-order valence-electron chi connectivity index (χ0n) is 10.8. The number of hydrogen-bond donors (Lipinski definition) is 6. The van der Waals surface area contributed by atoms with Crippen LogP contribution in [0.5, 0.6) is 0 Å². The van der Waals surface area contributed by atoms with Crippen LogP contribution in [0.25, 0.3) is 11.2 Å². The molecule has 0 aliphatic carbocycles. The number of aliphatic hydroxyl groups is 3. The molecule has 0 amide bonds. The summed E-state index contributed by atoms with van der Waals surface area (Å²) in [6.45, 7) is -0.580. The number of nitrogen functional groups attached to an aromatic ring is 1. The number of nitrogens with two attached hydrogens (primary N) is 3. The number of nitrogens with zero attached hydrogens (tertiary/aromatic N) is 4. The van der Waals surface area contributed by atoms with Crippen LogP contribution >= 0.6 is 0 Å². The molecule has 0 spiro atoms. The number of ether oxygens (including phenoxy) is 1. The Hall–Kier alpha value is -1.89. The fourth-order valence-electron chi connectivity index (χ4n) is 2.37. The highest BCUT2D eigenvalue weighted by atomic mass is 16.6. The monoisotopic (exact) mass is 297 g/mol. The molecule has 0 unspecified atom stereocenters. The van der Waals surface area contributed by atoms with Crippen LogP contribution in [0.4, 0.5) is 5.82 Å². The van der Waals surface area contributed by atoms with Crippen molar-refractivity contribution in [1.82, 2.24) is 19.5 Å². The fraction of sp³-hybridized carbons (Fsp3) is 0.500. The summed E-state index contributed by atoms with van der Waals surface area (Å²) in [5.74, 6) is -1.98. The Morgan fingerprint density at radius 1 is 1.33 bits per heavy atom. The lowest BCUT2D eigenvalue weighted by atomic mass is 10.0. The van der Waals surface area contributed by atoms with Crippen molar-refractivity contribution in [3.05, 3.63) is 12.7 Å². The molecule has 21 heavy (non-hydrogen) atoms. The van der Waals surface area contributed by atoms with Crippen molar-refractivity contribution in [2.75, 3.05) is 12.3 Å². The molecule has 1 fully saturated rings. The highest BCUT2D eigenvalue weighted by molar-refractivity contribution is 5.81. The number of rotatable bonds is 2. The molecule has 3 rings (SSSR count). The number of aliphatic hydroxyl groups excluding tert-OH is 2. The van der Waals surface area contributed by atoms with Gasteiger partial charge in [-0.05, 0) is 0 Å². The lowest BCUT2D eigenvalue weighted by molar-refractivity contribution is -0.188. The zero-order chi connectivity index (χ0) is 15.4. The van der Waals surface area contributed by atoms with Gasteiger partial charge in [0, 0.05) is 0 Å². The number of hydrogen-bond acceptors (Lipinski definition) is 10. The van der Waals surface area contributed by atoms with Gasteiger partial charge in [0.2, 0.25) is 11.6 Å². The first kappa shape index (κ1) is 14.1. The molecule has 3 heterocycles. The van der Waals surface area contributed by atoms with Crippen LogP contribution in [0.15, 0.2) is 12.7 Å². The van der Waals surface area contributed by atoms with Crippen molar-refractivity contribution in [2.45, 2.75) is 23.8 Å². The van der Waals surface area contributed by atoms with E-state index in [9.17, 15) is 15.3 Å². The Balaban J connectivity index is 2.19. The van der Waals surface area contributed by atoms with Crippen molar-refractivity contribution in [1.29, 1.82) is 0 Å². The maximum absolute atomic E-state index is 10.3. The zero-order valence-corrected chi connectivity index (χ0v) is 10.8. The highest BCUT2D eigenvalue weighted by Crippen LogP contribution is 2.38. The first-order valence-electron chi connectivity index (χ1n) is 6.03. The molecule has 114 valence electrons. The highest BCUT2D eigenvalue weighted by Gasteiger charge is 2.63. The molecular weight excluding hydrogens is 282 g/mol. The van der Waals surface area contributed by atoms with Crippen molar-refractivity contribution in [3.8, 4) is 0 Å². The third kappa shape index (κ3) is 1.67. The van der Waals surface area contributed by atoms with E-state index in [-0.39, 0.29) is 17.0 Å². The number of fused-ring (bicyclic) bond motifs is 1. The van der Waals surface area contributed by atoms with E-state index in [1.807, 2.05) is 0 Å². The van der Waals surface area contributed by atoms with E-state index in [0.717, 1.165) is 4.57 Å². The van der Waals surface area contributed by atoms with Gasteiger partial charge in [-0.3, -0.25) is 16.0 Å². The SMILES string of the molecule is Nc1ncnc2c1ncn2[C@]1(N)O[C@H](CO)[C@@H](O)[C@@]1(N)O. The predicted octanol–water partition coefficient (Wildman–Crippen LogP) is -3.62. The van der Waals surface area contributed by atoms with Gasteiger partial charge in [0.05, 0.1) is 6.61 Å². The minimum absolute atomic E-state index is 0.111. The van der Waals surface area contributed by atoms with Crippen LogP contribution in [0.1, 0.15) is 0 Å². The molecule has 2 aromatic heterocycles. The molecule has 1 aliphatic heterocycles. The average Bonchev–Trinajstić information content (AvgIpc) is 2.95. The van der Waals surface area contributed by atoms with Crippen molar-refractivity contribution < 1.29 is 20.1 Å². The minimum Gasteiger partial charge on any atom is -0.394 e. The summed E-state index contributed by atoms with van der Waals surface area (Å²) in [4.78, 5) is 11.7. The quantitative estimate of drug-likeness (QED) is 0.301. The molecule has 9 N–H and O–H groups in total. The molecule has 0 bridgehead atoms. The number of aromatic nitrogens is 4. The third-order valence-corrected chi connectivity index (χ3v) is 3.61. The Morgan fingerprint density at radius 3 is 2.67 bits per heavy atom. The molecule has 2 aromatic rings. The minimum atomic E-state index is -2.38. The summed E-state index contributed by atoms with van der Waals surface area (Å²) >= 11 is 0. The van der Waals surface area contributed by atoms with E-state index in [2.05, 4.69) is 15.0 Å². The van der Waals surface area contributed by atoms with Gasteiger partial charge in [-0.25, -0.2) is 15.0 Å². The van der Waals surface area contributed by atoms with Crippen LogP contribution in [0.2, 0.25) is 0 Å². The van der Waals surface area contributed by atoms with Crippen molar-refractivity contribution in [2.24, 2.45) is 11.5 Å².